The number of methoxy groups -OCH3 is 1. The van der Waals surface area contributed by atoms with Gasteiger partial charge in [0.05, 0.1) is 20.3 Å². The number of nitrogens with one attached hydrogen (secondary N) is 2. The molecule has 1 aromatic rings. The predicted molar refractivity (Wildman–Crippen MR) is 106 cm³/mol. The van der Waals surface area contributed by atoms with Crippen molar-refractivity contribution in [3.63, 3.8) is 0 Å². The van der Waals surface area contributed by atoms with Gasteiger partial charge in [-0.3, -0.25) is 4.99 Å². The van der Waals surface area contributed by atoms with E-state index < -0.39 is 0 Å². The maximum Gasteiger partial charge on any atom is 0.195 e. The summed E-state index contributed by atoms with van der Waals surface area (Å²) >= 11 is 0. The highest BCUT2D eigenvalue weighted by atomic mass is 16.5. The second-order valence-corrected chi connectivity index (χ2v) is 5.62. The molecule has 0 radical (unpaired) electrons. The topological polar surface area (TPSA) is 58.1 Å². The second kappa shape index (κ2) is 12.4. The summed E-state index contributed by atoms with van der Waals surface area (Å²) in [5.74, 6) is 2.24. The van der Waals surface area contributed by atoms with Crippen molar-refractivity contribution in [1.82, 2.24) is 10.2 Å². The van der Waals surface area contributed by atoms with Crippen LogP contribution in [0.3, 0.4) is 0 Å². The first kappa shape index (κ1) is 21.1. The average Bonchev–Trinajstić information content (AvgIpc) is 2.62. The van der Waals surface area contributed by atoms with E-state index in [2.05, 4.69) is 41.3 Å². The number of benzene rings is 1. The molecule has 142 valence electrons. The molecule has 0 aromatic heterocycles. The van der Waals surface area contributed by atoms with Gasteiger partial charge in [-0.2, -0.15) is 0 Å². The Labute approximate surface area is 152 Å². The van der Waals surface area contributed by atoms with E-state index in [-0.39, 0.29) is 0 Å². The Morgan fingerprint density at radius 3 is 2.52 bits per heavy atom. The summed E-state index contributed by atoms with van der Waals surface area (Å²) in [7, 11) is 1.65. The molecule has 25 heavy (non-hydrogen) atoms. The zero-order valence-corrected chi connectivity index (χ0v) is 16.4. The molecule has 1 aromatic carbocycles. The number of guanidine groups is 1. The molecule has 0 saturated heterocycles. The Morgan fingerprint density at radius 2 is 1.92 bits per heavy atom. The van der Waals surface area contributed by atoms with E-state index in [0.717, 1.165) is 50.1 Å². The minimum absolute atomic E-state index is 0.610. The first-order valence-electron chi connectivity index (χ1n) is 9.26. The summed E-state index contributed by atoms with van der Waals surface area (Å²) in [6, 6.07) is 5.80. The number of hydrogen-bond acceptors (Lipinski definition) is 4. The van der Waals surface area contributed by atoms with Gasteiger partial charge in [-0.25, -0.2) is 0 Å². The van der Waals surface area contributed by atoms with E-state index in [1.165, 1.54) is 6.42 Å². The Bertz CT molecular complexity index is 520. The highest BCUT2D eigenvalue weighted by molar-refractivity contribution is 5.93. The number of anilines is 1. The summed E-state index contributed by atoms with van der Waals surface area (Å²) in [5.41, 5.74) is 0.918. The van der Waals surface area contributed by atoms with Gasteiger partial charge in [0, 0.05) is 24.8 Å². The van der Waals surface area contributed by atoms with Crippen LogP contribution in [0.1, 0.15) is 34.1 Å². The quantitative estimate of drug-likeness (QED) is 0.474. The molecule has 0 fully saturated rings. The number of likely N-dealkylation sites (N-methyl/N-ethyl adjacent to an activating group) is 1. The number of nitrogens with zero attached hydrogens (tertiary/aromatic N) is 2. The maximum atomic E-state index is 5.56. The zero-order chi connectivity index (χ0) is 18.5. The number of rotatable bonds is 11. The van der Waals surface area contributed by atoms with Gasteiger partial charge in [0.25, 0.3) is 0 Å². The van der Waals surface area contributed by atoms with E-state index in [4.69, 9.17) is 9.47 Å². The molecule has 0 bridgehead atoms. The second-order valence-electron chi connectivity index (χ2n) is 5.62. The molecule has 6 nitrogen and oxygen atoms in total. The van der Waals surface area contributed by atoms with Crippen LogP contribution < -0.4 is 20.1 Å². The van der Waals surface area contributed by atoms with E-state index >= 15 is 0 Å². The highest BCUT2D eigenvalue weighted by Crippen LogP contribution is 2.30. The molecule has 0 spiro atoms. The van der Waals surface area contributed by atoms with Crippen molar-refractivity contribution in [1.29, 1.82) is 0 Å². The number of aliphatic imine (C=N–C) groups is 1. The van der Waals surface area contributed by atoms with Crippen molar-refractivity contribution in [2.45, 2.75) is 34.1 Å². The molecule has 0 aliphatic heterocycles. The molecule has 0 atom stereocenters. The van der Waals surface area contributed by atoms with Crippen molar-refractivity contribution >= 4 is 11.6 Å². The van der Waals surface area contributed by atoms with E-state index in [1.807, 2.05) is 25.1 Å². The monoisotopic (exact) mass is 350 g/mol. The van der Waals surface area contributed by atoms with E-state index in [9.17, 15) is 0 Å². The summed E-state index contributed by atoms with van der Waals surface area (Å²) in [6.45, 7) is 13.7. The van der Waals surface area contributed by atoms with Crippen LogP contribution in [0, 0.1) is 0 Å². The molecule has 0 unspecified atom stereocenters. The van der Waals surface area contributed by atoms with E-state index in [1.54, 1.807) is 7.11 Å². The fourth-order valence-electron chi connectivity index (χ4n) is 2.51. The van der Waals surface area contributed by atoms with Crippen LogP contribution in [0.5, 0.6) is 11.5 Å². The van der Waals surface area contributed by atoms with Crippen molar-refractivity contribution in [2.75, 3.05) is 51.8 Å². The largest absolute Gasteiger partial charge is 0.493 e. The van der Waals surface area contributed by atoms with Gasteiger partial charge in [0.2, 0.25) is 0 Å². The summed E-state index contributed by atoms with van der Waals surface area (Å²) < 4.78 is 11.0. The Morgan fingerprint density at radius 1 is 1.12 bits per heavy atom. The fourth-order valence-corrected chi connectivity index (χ4v) is 2.51. The molecule has 0 saturated carbocycles. The predicted octanol–water partition coefficient (Wildman–Crippen LogP) is 3.20. The smallest absolute Gasteiger partial charge is 0.195 e. The normalized spacial score (nSPS) is 11.5. The van der Waals surface area contributed by atoms with Crippen LogP contribution in [0.15, 0.2) is 23.2 Å². The molecule has 6 heteroatoms. The summed E-state index contributed by atoms with van der Waals surface area (Å²) in [4.78, 5) is 7.08. The van der Waals surface area contributed by atoms with Crippen LogP contribution >= 0.6 is 0 Å². The van der Waals surface area contributed by atoms with Gasteiger partial charge in [-0.15, -0.1) is 0 Å². The first-order chi connectivity index (χ1) is 12.2. The van der Waals surface area contributed by atoms with Crippen molar-refractivity contribution < 1.29 is 9.47 Å². The minimum Gasteiger partial charge on any atom is -0.493 e. The van der Waals surface area contributed by atoms with Crippen molar-refractivity contribution in [2.24, 2.45) is 4.99 Å². The van der Waals surface area contributed by atoms with Crippen LogP contribution in [-0.2, 0) is 0 Å². The molecule has 2 N–H and O–H groups in total. The highest BCUT2D eigenvalue weighted by Gasteiger charge is 2.07. The Hall–Kier alpha value is -1.95. The summed E-state index contributed by atoms with van der Waals surface area (Å²) in [5, 5.41) is 6.61. The van der Waals surface area contributed by atoms with Gasteiger partial charge in [0.15, 0.2) is 17.5 Å². The third-order valence-electron chi connectivity index (χ3n) is 3.74. The Kier molecular flexibility index (Phi) is 10.5. The lowest BCUT2D eigenvalue weighted by Crippen LogP contribution is -2.32. The van der Waals surface area contributed by atoms with Crippen molar-refractivity contribution in [3.8, 4) is 11.5 Å². The third kappa shape index (κ3) is 7.65. The lowest BCUT2D eigenvalue weighted by Gasteiger charge is -2.19. The van der Waals surface area contributed by atoms with Crippen LogP contribution in [0.4, 0.5) is 5.69 Å². The minimum atomic E-state index is 0.610. The van der Waals surface area contributed by atoms with Crippen LogP contribution in [-0.4, -0.2) is 57.3 Å². The molecule has 0 heterocycles. The van der Waals surface area contributed by atoms with Gasteiger partial charge >= 0.3 is 0 Å². The van der Waals surface area contributed by atoms with Gasteiger partial charge < -0.3 is 25.0 Å². The molecule has 1 rings (SSSR count). The zero-order valence-electron chi connectivity index (χ0n) is 16.4. The fraction of sp³-hybridized carbons (Fsp3) is 0.632. The molecular formula is C19H34N4O2. The maximum absolute atomic E-state index is 5.56. The standard InChI is InChI=1S/C19H34N4O2/c1-6-13-23(8-3)14-12-21-19(20-7-2)22-16-10-11-17(25-9-4)18(15-16)24-5/h10-11,15H,6-9,12-14H2,1-5H3,(H2,20,21,22). The SMILES string of the molecule is CCCN(CC)CCN=C(NCC)Nc1ccc(OCC)c(OC)c1. The number of hydrogen-bond donors (Lipinski definition) is 2. The van der Waals surface area contributed by atoms with Crippen LogP contribution in [0.2, 0.25) is 0 Å². The molecule has 0 aliphatic rings. The lowest BCUT2D eigenvalue weighted by molar-refractivity contribution is 0.297. The van der Waals surface area contributed by atoms with Gasteiger partial charge in [-0.05, 0) is 45.5 Å². The van der Waals surface area contributed by atoms with Crippen molar-refractivity contribution in [3.05, 3.63) is 18.2 Å². The first-order valence-corrected chi connectivity index (χ1v) is 9.26. The number of ether oxygens (including phenoxy) is 2. The summed E-state index contributed by atoms with van der Waals surface area (Å²) in [6.07, 6.45) is 1.17. The third-order valence-corrected chi connectivity index (χ3v) is 3.74. The molecule has 0 amide bonds. The van der Waals surface area contributed by atoms with Crippen LogP contribution in [0.25, 0.3) is 0 Å². The van der Waals surface area contributed by atoms with Gasteiger partial charge in [-0.1, -0.05) is 13.8 Å². The van der Waals surface area contributed by atoms with E-state index in [0.29, 0.717) is 12.4 Å². The van der Waals surface area contributed by atoms with Gasteiger partial charge in [0.1, 0.15) is 0 Å². The molecular weight excluding hydrogens is 316 g/mol. The lowest BCUT2D eigenvalue weighted by atomic mass is 10.2. The molecule has 0 aliphatic carbocycles. The Balaban J connectivity index is 2.74. The average molecular weight is 351 g/mol.